The first-order valence-corrected chi connectivity index (χ1v) is 6.81. The first kappa shape index (κ1) is 15.9. The molecular weight excluding hydrogens is 245 g/mol. The van der Waals surface area contributed by atoms with Crippen molar-refractivity contribution in [2.45, 2.75) is 11.3 Å². The number of morpholine rings is 1. The zero-order valence-electron chi connectivity index (χ0n) is 10.6. The summed E-state index contributed by atoms with van der Waals surface area (Å²) >= 11 is -2.12. The van der Waals surface area contributed by atoms with Crippen molar-refractivity contribution in [2.75, 3.05) is 32.8 Å². The van der Waals surface area contributed by atoms with E-state index in [2.05, 4.69) is 4.90 Å². The largest absolute Gasteiger partial charge is 1.00 e. The molecule has 94 valence electrons. The Labute approximate surface area is 122 Å². The third-order valence-corrected chi connectivity index (χ3v) is 3.59. The average molecular weight is 261 g/mol. The molecule has 0 radical (unpaired) electrons. The van der Waals surface area contributed by atoms with Gasteiger partial charge in [0.2, 0.25) is 0 Å². The van der Waals surface area contributed by atoms with Crippen molar-refractivity contribution in [1.82, 2.24) is 4.90 Å². The van der Waals surface area contributed by atoms with Gasteiger partial charge >= 0.3 is 18.9 Å². The van der Waals surface area contributed by atoms with Gasteiger partial charge < -0.3 is 9.29 Å². The molecule has 1 unspecified atom stereocenters. The van der Waals surface area contributed by atoms with Crippen molar-refractivity contribution < 1.29 is 32.4 Å². The summed E-state index contributed by atoms with van der Waals surface area (Å²) in [6.07, 6.45) is 0.950. The van der Waals surface area contributed by atoms with Crippen LogP contribution in [0.5, 0.6) is 0 Å². The van der Waals surface area contributed by atoms with E-state index in [0.29, 0.717) is 4.90 Å². The van der Waals surface area contributed by atoms with Gasteiger partial charge in [-0.2, -0.15) is 0 Å². The van der Waals surface area contributed by atoms with Gasteiger partial charge in [0.05, 0.1) is 13.2 Å². The maximum Gasteiger partial charge on any atom is 1.00 e. The van der Waals surface area contributed by atoms with Gasteiger partial charge in [-0.05, 0) is 35.2 Å². The van der Waals surface area contributed by atoms with Gasteiger partial charge in [0.1, 0.15) is 0 Å². The van der Waals surface area contributed by atoms with Gasteiger partial charge in [-0.1, -0.05) is 12.1 Å². The van der Waals surface area contributed by atoms with Gasteiger partial charge in [0.15, 0.2) is 0 Å². The monoisotopic (exact) mass is 261 g/mol. The summed E-state index contributed by atoms with van der Waals surface area (Å²) in [6, 6.07) is 7.06. The summed E-state index contributed by atoms with van der Waals surface area (Å²) in [5.74, 6) is 0. The van der Waals surface area contributed by atoms with Crippen LogP contribution in [0.2, 0.25) is 0 Å². The van der Waals surface area contributed by atoms with Gasteiger partial charge in [-0.15, -0.1) is 0 Å². The molecule has 1 saturated heterocycles. The fourth-order valence-electron chi connectivity index (χ4n) is 1.88. The topological polar surface area (TPSA) is 52.6 Å². The van der Waals surface area contributed by atoms with E-state index in [1.54, 1.807) is 12.1 Å². The van der Waals surface area contributed by atoms with Crippen LogP contribution in [0.25, 0.3) is 0 Å². The Bertz CT molecular complexity index is 379. The Kier molecular flexibility index (Phi) is 7.16. The molecule has 2 rings (SSSR count). The van der Waals surface area contributed by atoms with Gasteiger partial charge in [0, 0.05) is 24.5 Å². The standard InChI is InChI=1S/C12H17NO3S.Li/c14-17(15)12-3-1-11(2-4-12)5-6-13-7-9-16-10-8-13;/h1-4H,5-10H2,(H,14,15);/q;+1/p-1. The van der Waals surface area contributed by atoms with E-state index in [1.165, 1.54) is 5.56 Å². The van der Waals surface area contributed by atoms with Crippen molar-refractivity contribution in [3.8, 4) is 0 Å². The van der Waals surface area contributed by atoms with E-state index < -0.39 is 11.1 Å². The molecule has 0 saturated carbocycles. The minimum absolute atomic E-state index is 0. The normalized spacial score (nSPS) is 18.1. The Morgan fingerprint density at radius 2 is 1.83 bits per heavy atom. The van der Waals surface area contributed by atoms with Gasteiger partial charge in [0.25, 0.3) is 0 Å². The quantitative estimate of drug-likeness (QED) is 0.456. The number of rotatable bonds is 4. The molecule has 0 amide bonds. The molecule has 0 N–H and O–H groups in total. The molecule has 1 aromatic rings. The predicted molar refractivity (Wildman–Crippen MR) is 64.6 cm³/mol. The van der Waals surface area contributed by atoms with Crippen LogP contribution in [0.15, 0.2) is 29.2 Å². The third-order valence-electron chi connectivity index (χ3n) is 2.94. The summed E-state index contributed by atoms with van der Waals surface area (Å²) in [6.45, 7) is 4.61. The van der Waals surface area contributed by atoms with Crippen molar-refractivity contribution in [1.29, 1.82) is 0 Å². The first-order valence-electron chi connectivity index (χ1n) is 5.74. The second-order valence-corrected chi connectivity index (χ2v) is 5.02. The fraction of sp³-hybridized carbons (Fsp3) is 0.500. The minimum atomic E-state index is -2.12. The zero-order valence-corrected chi connectivity index (χ0v) is 11.4. The molecular formula is C12H16LiNO3S. The molecule has 0 spiro atoms. The van der Waals surface area contributed by atoms with E-state index in [-0.39, 0.29) is 18.9 Å². The average Bonchev–Trinajstić information content (AvgIpc) is 2.38. The molecule has 1 aliphatic rings. The molecule has 1 heterocycles. The van der Waals surface area contributed by atoms with Crippen LogP contribution in [0.3, 0.4) is 0 Å². The first-order chi connectivity index (χ1) is 8.25. The number of nitrogens with zero attached hydrogens (tertiary/aromatic N) is 1. The fourth-order valence-corrected chi connectivity index (χ4v) is 2.24. The summed E-state index contributed by atoms with van der Waals surface area (Å²) in [4.78, 5) is 2.71. The molecule has 0 aromatic heterocycles. The molecule has 6 heteroatoms. The van der Waals surface area contributed by atoms with Crippen LogP contribution in [-0.2, 0) is 22.2 Å². The Hall–Kier alpha value is -0.153. The molecule has 0 bridgehead atoms. The molecule has 0 aliphatic carbocycles. The molecule has 4 nitrogen and oxygen atoms in total. The molecule has 1 fully saturated rings. The summed E-state index contributed by atoms with van der Waals surface area (Å²) in [5, 5.41) is 0. The SMILES string of the molecule is O=S([O-])c1ccc(CCN2CCOCC2)cc1.[Li+]. The van der Waals surface area contributed by atoms with Crippen LogP contribution in [0.1, 0.15) is 5.56 Å². The van der Waals surface area contributed by atoms with Crippen molar-refractivity contribution >= 4 is 11.1 Å². The van der Waals surface area contributed by atoms with Crippen molar-refractivity contribution in [3.63, 3.8) is 0 Å². The van der Waals surface area contributed by atoms with E-state index in [4.69, 9.17) is 4.74 Å². The summed E-state index contributed by atoms with van der Waals surface area (Å²) in [5.41, 5.74) is 1.17. The molecule has 18 heavy (non-hydrogen) atoms. The number of hydrogen-bond donors (Lipinski definition) is 0. The van der Waals surface area contributed by atoms with E-state index in [9.17, 15) is 8.76 Å². The minimum Gasteiger partial charge on any atom is -0.768 e. The Morgan fingerprint density at radius 1 is 1.22 bits per heavy atom. The Morgan fingerprint density at radius 3 is 2.39 bits per heavy atom. The summed E-state index contributed by atoms with van der Waals surface area (Å²) in [7, 11) is 0. The van der Waals surface area contributed by atoms with Crippen LogP contribution in [0, 0.1) is 0 Å². The van der Waals surface area contributed by atoms with Crippen molar-refractivity contribution in [3.05, 3.63) is 29.8 Å². The maximum atomic E-state index is 10.7. The molecule has 1 aromatic carbocycles. The van der Waals surface area contributed by atoms with Gasteiger partial charge in [-0.25, -0.2) is 0 Å². The van der Waals surface area contributed by atoms with Crippen LogP contribution in [-0.4, -0.2) is 46.5 Å². The maximum absolute atomic E-state index is 10.7. The molecule has 1 atom stereocenters. The number of hydrogen-bond acceptors (Lipinski definition) is 4. The van der Waals surface area contributed by atoms with Crippen molar-refractivity contribution in [2.24, 2.45) is 0 Å². The second-order valence-electron chi connectivity index (χ2n) is 4.08. The smallest absolute Gasteiger partial charge is 0.768 e. The zero-order chi connectivity index (χ0) is 12.1. The Balaban J connectivity index is 0.00000162. The van der Waals surface area contributed by atoms with Crippen LogP contribution < -0.4 is 18.9 Å². The number of benzene rings is 1. The van der Waals surface area contributed by atoms with E-state index in [1.807, 2.05) is 12.1 Å². The van der Waals surface area contributed by atoms with E-state index in [0.717, 1.165) is 39.3 Å². The second kappa shape index (κ2) is 8.11. The number of ether oxygens (including phenoxy) is 1. The summed E-state index contributed by atoms with van der Waals surface area (Å²) < 4.78 is 26.7. The molecule has 1 aliphatic heterocycles. The van der Waals surface area contributed by atoms with Crippen LogP contribution >= 0.6 is 0 Å². The third kappa shape index (κ3) is 4.85. The van der Waals surface area contributed by atoms with Crippen LogP contribution in [0.4, 0.5) is 0 Å². The predicted octanol–water partition coefficient (Wildman–Crippen LogP) is -2.20. The van der Waals surface area contributed by atoms with Gasteiger partial charge in [-0.3, -0.25) is 9.11 Å². The van der Waals surface area contributed by atoms with E-state index >= 15 is 0 Å².